The number of rotatable bonds is 6. The number of methoxy groups -OCH3 is 1. The SMILES string of the molecule is COc1ccc(NC(=O)C2CC(c3ccc(F)c(C)c3)CN(C(=O)NCc3ccccc3)C2)cc1. The fourth-order valence-electron chi connectivity index (χ4n) is 4.42. The number of hydrogen-bond donors (Lipinski definition) is 2. The Balaban J connectivity index is 1.50. The van der Waals surface area contributed by atoms with E-state index < -0.39 is 5.92 Å². The number of piperidine rings is 1. The summed E-state index contributed by atoms with van der Waals surface area (Å²) in [6.07, 6.45) is 0.565. The molecule has 3 aromatic rings. The number of urea groups is 1. The molecular formula is C28H30FN3O3. The van der Waals surface area contributed by atoms with Crippen LogP contribution < -0.4 is 15.4 Å². The molecule has 3 amide bonds. The average molecular weight is 476 g/mol. The first kappa shape index (κ1) is 24.3. The molecule has 0 aliphatic carbocycles. The molecule has 1 saturated heterocycles. The van der Waals surface area contributed by atoms with Gasteiger partial charge < -0.3 is 20.3 Å². The van der Waals surface area contributed by atoms with Gasteiger partial charge >= 0.3 is 6.03 Å². The average Bonchev–Trinajstić information content (AvgIpc) is 2.89. The lowest BCUT2D eigenvalue weighted by Gasteiger charge is -2.37. The van der Waals surface area contributed by atoms with Gasteiger partial charge in [0.25, 0.3) is 0 Å². The quantitative estimate of drug-likeness (QED) is 0.521. The topological polar surface area (TPSA) is 70.7 Å². The summed E-state index contributed by atoms with van der Waals surface area (Å²) in [6, 6.07) is 21.6. The zero-order valence-electron chi connectivity index (χ0n) is 20.0. The summed E-state index contributed by atoms with van der Waals surface area (Å²) >= 11 is 0. The number of carbonyl (C=O) groups is 2. The summed E-state index contributed by atoms with van der Waals surface area (Å²) in [7, 11) is 1.59. The number of anilines is 1. The van der Waals surface area contributed by atoms with Gasteiger partial charge in [0, 0.05) is 31.2 Å². The van der Waals surface area contributed by atoms with E-state index >= 15 is 0 Å². The zero-order valence-corrected chi connectivity index (χ0v) is 20.0. The third kappa shape index (κ3) is 6.18. The van der Waals surface area contributed by atoms with Crippen molar-refractivity contribution < 1.29 is 18.7 Å². The number of nitrogens with zero attached hydrogens (tertiary/aromatic N) is 1. The van der Waals surface area contributed by atoms with E-state index in [9.17, 15) is 14.0 Å². The predicted octanol–water partition coefficient (Wildman–Crippen LogP) is 5.10. The highest BCUT2D eigenvalue weighted by Crippen LogP contribution is 2.32. The number of likely N-dealkylation sites (tertiary alicyclic amines) is 1. The molecule has 0 spiro atoms. The van der Waals surface area contributed by atoms with Gasteiger partial charge in [-0.1, -0.05) is 42.5 Å². The number of benzene rings is 3. The standard InChI is InChI=1S/C28H30FN3O3/c1-19-14-21(8-13-26(19)29)22-15-23(27(33)31-24-9-11-25(35-2)12-10-24)18-32(17-22)28(34)30-16-20-6-4-3-5-7-20/h3-14,22-23H,15-18H2,1-2H3,(H,30,34)(H,31,33). The summed E-state index contributed by atoms with van der Waals surface area (Å²) in [5.74, 6) is -0.218. The number of hydrogen-bond acceptors (Lipinski definition) is 3. The molecule has 2 N–H and O–H groups in total. The Kier molecular flexibility index (Phi) is 7.65. The van der Waals surface area contributed by atoms with E-state index in [0.717, 1.165) is 11.1 Å². The molecule has 0 radical (unpaired) electrons. The van der Waals surface area contributed by atoms with Crippen molar-refractivity contribution in [3.63, 3.8) is 0 Å². The Labute approximate surface area is 205 Å². The normalized spacial score (nSPS) is 17.5. The van der Waals surface area contributed by atoms with Gasteiger partial charge in [-0.15, -0.1) is 0 Å². The second-order valence-corrected chi connectivity index (χ2v) is 8.91. The minimum Gasteiger partial charge on any atom is -0.497 e. The summed E-state index contributed by atoms with van der Waals surface area (Å²) in [6.45, 7) is 2.89. The van der Waals surface area contributed by atoms with E-state index in [1.165, 1.54) is 6.07 Å². The van der Waals surface area contributed by atoms with Crippen molar-refractivity contribution in [2.75, 3.05) is 25.5 Å². The van der Waals surface area contributed by atoms with Gasteiger partial charge in [0.15, 0.2) is 0 Å². The van der Waals surface area contributed by atoms with Crippen LogP contribution in [0.1, 0.15) is 29.0 Å². The highest BCUT2D eigenvalue weighted by atomic mass is 19.1. The van der Waals surface area contributed by atoms with Gasteiger partial charge in [-0.3, -0.25) is 4.79 Å². The van der Waals surface area contributed by atoms with Crippen molar-refractivity contribution in [3.05, 3.63) is 95.3 Å². The van der Waals surface area contributed by atoms with Crippen molar-refractivity contribution in [3.8, 4) is 5.75 Å². The highest BCUT2D eigenvalue weighted by molar-refractivity contribution is 5.93. The van der Waals surface area contributed by atoms with Crippen LogP contribution in [-0.2, 0) is 11.3 Å². The van der Waals surface area contributed by atoms with Crippen LogP contribution >= 0.6 is 0 Å². The van der Waals surface area contributed by atoms with Gasteiger partial charge in [-0.05, 0) is 60.4 Å². The van der Waals surface area contributed by atoms with Crippen molar-refractivity contribution >= 4 is 17.6 Å². The van der Waals surface area contributed by atoms with E-state index in [1.807, 2.05) is 36.4 Å². The molecule has 2 unspecified atom stereocenters. The van der Waals surface area contributed by atoms with Crippen LogP contribution in [0.25, 0.3) is 0 Å². The van der Waals surface area contributed by atoms with E-state index in [-0.39, 0.29) is 23.7 Å². The molecule has 0 aromatic heterocycles. The number of carbonyl (C=O) groups excluding carboxylic acids is 2. The predicted molar refractivity (Wildman–Crippen MR) is 134 cm³/mol. The van der Waals surface area contributed by atoms with Crippen molar-refractivity contribution in [1.29, 1.82) is 0 Å². The van der Waals surface area contributed by atoms with Gasteiger partial charge in [0.1, 0.15) is 11.6 Å². The molecule has 1 heterocycles. The molecule has 0 bridgehead atoms. The summed E-state index contributed by atoms with van der Waals surface area (Å²) in [5.41, 5.74) is 3.13. The fourth-order valence-corrected chi connectivity index (χ4v) is 4.42. The molecule has 35 heavy (non-hydrogen) atoms. The third-order valence-corrected chi connectivity index (χ3v) is 6.41. The number of nitrogens with one attached hydrogen (secondary N) is 2. The second-order valence-electron chi connectivity index (χ2n) is 8.91. The highest BCUT2D eigenvalue weighted by Gasteiger charge is 2.34. The Morgan fingerprint density at radius 3 is 2.46 bits per heavy atom. The molecule has 0 saturated carbocycles. The van der Waals surface area contributed by atoms with Crippen LogP contribution in [0.3, 0.4) is 0 Å². The van der Waals surface area contributed by atoms with Gasteiger partial charge in [0.2, 0.25) is 5.91 Å². The first-order chi connectivity index (χ1) is 16.9. The molecular weight excluding hydrogens is 445 g/mol. The zero-order chi connectivity index (χ0) is 24.8. The lowest BCUT2D eigenvalue weighted by Crippen LogP contribution is -2.50. The van der Waals surface area contributed by atoms with Crippen LogP contribution in [0.2, 0.25) is 0 Å². The van der Waals surface area contributed by atoms with Gasteiger partial charge in [-0.25, -0.2) is 9.18 Å². The molecule has 1 aliphatic heterocycles. The Morgan fingerprint density at radius 1 is 1.03 bits per heavy atom. The van der Waals surface area contributed by atoms with Crippen molar-refractivity contribution in [1.82, 2.24) is 10.2 Å². The van der Waals surface area contributed by atoms with Crippen LogP contribution in [0.5, 0.6) is 5.75 Å². The maximum absolute atomic E-state index is 13.9. The minimum absolute atomic E-state index is 0.0860. The monoisotopic (exact) mass is 475 g/mol. The fraction of sp³-hybridized carbons (Fsp3) is 0.286. The smallest absolute Gasteiger partial charge is 0.317 e. The van der Waals surface area contributed by atoms with E-state index in [2.05, 4.69) is 10.6 Å². The maximum atomic E-state index is 13.9. The molecule has 6 nitrogen and oxygen atoms in total. The van der Waals surface area contributed by atoms with Crippen LogP contribution in [0.15, 0.2) is 72.8 Å². The molecule has 2 atom stereocenters. The third-order valence-electron chi connectivity index (χ3n) is 6.41. The molecule has 3 aromatic carbocycles. The first-order valence-corrected chi connectivity index (χ1v) is 11.7. The molecule has 1 aliphatic rings. The van der Waals surface area contributed by atoms with Gasteiger partial charge in [0.05, 0.1) is 13.0 Å². The lowest BCUT2D eigenvalue weighted by molar-refractivity contribution is -0.121. The Bertz CT molecular complexity index is 1170. The molecule has 1 fully saturated rings. The summed E-state index contributed by atoms with van der Waals surface area (Å²) in [4.78, 5) is 28.0. The minimum atomic E-state index is -0.413. The summed E-state index contributed by atoms with van der Waals surface area (Å²) < 4.78 is 19.1. The maximum Gasteiger partial charge on any atom is 0.317 e. The van der Waals surface area contributed by atoms with Crippen molar-refractivity contribution in [2.45, 2.75) is 25.8 Å². The van der Waals surface area contributed by atoms with Crippen LogP contribution in [0, 0.1) is 18.7 Å². The van der Waals surface area contributed by atoms with Crippen molar-refractivity contribution in [2.24, 2.45) is 5.92 Å². The van der Waals surface area contributed by atoms with Gasteiger partial charge in [-0.2, -0.15) is 0 Å². The molecule has 4 rings (SSSR count). The first-order valence-electron chi connectivity index (χ1n) is 11.7. The van der Waals surface area contributed by atoms with E-state index in [4.69, 9.17) is 4.74 Å². The Hall–Kier alpha value is -3.87. The summed E-state index contributed by atoms with van der Waals surface area (Å²) in [5, 5.41) is 5.92. The number of halogens is 1. The van der Waals surface area contributed by atoms with Crippen LogP contribution in [-0.4, -0.2) is 37.0 Å². The van der Waals surface area contributed by atoms with E-state index in [1.54, 1.807) is 49.3 Å². The number of amides is 3. The number of ether oxygens (including phenoxy) is 1. The van der Waals surface area contributed by atoms with E-state index in [0.29, 0.717) is 43.1 Å². The Morgan fingerprint density at radius 2 is 1.77 bits per heavy atom. The van der Waals surface area contributed by atoms with Crippen LogP contribution in [0.4, 0.5) is 14.9 Å². The molecule has 7 heteroatoms. The largest absolute Gasteiger partial charge is 0.497 e. The lowest BCUT2D eigenvalue weighted by atomic mass is 9.83. The second kappa shape index (κ2) is 11.0. The number of aryl methyl sites for hydroxylation is 1. The molecule has 182 valence electrons.